The number of halogens is 1. The molecule has 0 saturated carbocycles. The first-order chi connectivity index (χ1) is 10.7. The van der Waals surface area contributed by atoms with Gasteiger partial charge in [-0.05, 0) is 17.7 Å². The van der Waals surface area contributed by atoms with Crippen LogP contribution in [0.15, 0.2) is 36.5 Å². The maximum Gasteiger partial charge on any atom is 0.221 e. The van der Waals surface area contributed by atoms with Gasteiger partial charge in [-0.2, -0.15) is 5.10 Å². The van der Waals surface area contributed by atoms with Gasteiger partial charge in [-0.25, -0.2) is 0 Å². The monoisotopic (exact) mass is 318 g/mol. The summed E-state index contributed by atoms with van der Waals surface area (Å²) in [5.74, 6) is 0.0334. The molecule has 1 amide bonds. The maximum absolute atomic E-state index is 11.7. The summed E-state index contributed by atoms with van der Waals surface area (Å²) < 4.78 is 1.97. The molecule has 0 aliphatic carbocycles. The maximum atomic E-state index is 11.7. The van der Waals surface area contributed by atoms with E-state index in [9.17, 15) is 4.79 Å². The zero-order valence-corrected chi connectivity index (χ0v) is 13.3. The Kier molecular flexibility index (Phi) is 4.45. The zero-order valence-electron chi connectivity index (χ0n) is 12.5. The highest BCUT2D eigenvalue weighted by atomic mass is 35.5. The third-order valence-electron chi connectivity index (χ3n) is 4.00. The second-order valence-electron chi connectivity index (χ2n) is 5.56. The minimum absolute atomic E-state index is 0.0334. The third-order valence-corrected chi connectivity index (χ3v) is 4.37. The number of carbonyl (C=O) groups excluding carboxylic acids is 1. The molecule has 0 saturated heterocycles. The van der Waals surface area contributed by atoms with Crippen molar-refractivity contribution in [3.8, 4) is 0 Å². The van der Waals surface area contributed by atoms with Crippen LogP contribution in [0, 0.1) is 0 Å². The van der Waals surface area contributed by atoms with Gasteiger partial charge in [-0.15, -0.1) is 0 Å². The predicted molar refractivity (Wildman–Crippen MR) is 85.5 cm³/mol. The lowest BCUT2D eigenvalue weighted by atomic mass is 10.1. The number of rotatable bonds is 4. The van der Waals surface area contributed by atoms with Crippen LogP contribution in [-0.4, -0.2) is 34.2 Å². The first-order valence-corrected chi connectivity index (χ1v) is 7.74. The Bertz CT molecular complexity index is 670. The van der Waals surface area contributed by atoms with Crippen LogP contribution in [0.4, 0.5) is 0 Å². The summed E-state index contributed by atoms with van der Waals surface area (Å²) >= 11 is 6.26. The van der Waals surface area contributed by atoms with Crippen molar-refractivity contribution in [2.75, 3.05) is 13.6 Å². The molecule has 3 rings (SSSR count). The minimum atomic E-state index is 0.0334. The summed E-state index contributed by atoms with van der Waals surface area (Å²) in [5.41, 5.74) is 2.24. The Morgan fingerprint density at radius 2 is 2.23 bits per heavy atom. The van der Waals surface area contributed by atoms with Gasteiger partial charge in [0.15, 0.2) is 0 Å². The molecule has 2 heterocycles. The molecule has 6 heteroatoms. The summed E-state index contributed by atoms with van der Waals surface area (Å²) in [6.45, 7) is 2.37. The lowest BCUT2D eigenvalue weighted by Gasteiger charge is -2.33. The SMILES string of the molecule is CNC(=O)C[C@H]1CN(Cc2ccccc2Cl)Cc2ccnn21. The van der Waals surface area contributed by atoms with Gasteiger partial charge in [-0.1, -0.05) is 29.8 Å². The predicted octanol–water partition coefficient (Wildman–Crippen LogP) is 2.23. The van der Waals surface area contributed by atoms with E-state index in [0.29, 0.717) is 6.42 Å². The molecule has 5 nitrogen and oxygen atoms in total. The van der Waals surface area contributed by atoms with Crippen LogP contribution in [0.1, 0.15) is 23.7 Å². The number of aromatic nitrogens is 2. The summed E-state index contributed by atoms with van der Waals surface area (Å²) in [5, 5.41) is 7.84. The number of benzene rings is 1. The Morgan fingerprint density at radius 3 is 3.00 bits per heavy atom. The van der Waals surface area contributed by atoms with Gasteiger partial charge in [0.2, 0.25) is 5.91 Å². The lowest BCUT2D eigenvalue weighted by molar-refractivity contribution is -0.121. The van der Waals surface area contributed by atoms with Crippen molar-refractivity contribution in [2.45, 2.75) is 25.6 Å². The van der Waals surface area contributed by atoms with Crippen molar-refractivity contribution in [2.24, 2.45) is 0 Å². The summed E-state index contributed by atoms with van der Waals surface area (Å²) in [6.07, 6.45) is 2.23. The topological polar surface area (TPSA) is 50.2 Å². The van der Waals surface area contributed by atoms with E-state index in [1.165, 1.54) is 0 Å². The Balaban J connectivity index is 1.78. The van der Waals surface area contributed by atoms with Crippen molar-refractivity contribution in [3.63, 3.8) is 0 Å². The standard InChI is InChI=1S/C16H19ClN4O/c1-18-16(22)8-14-11-20(10-13-6-7-19-21(13)14)9-12-4-2-3-5-15(12)17/h2-7,14H,8-11H2,1H3,(H,18,22)/t14-/m0/s1. The van der Waals surface area contributed by atoms with Crippen LogP contribution in [-0.2, 0) is 17.9 Å². The molecule has 1 aromatic heterocycles. The van der Waals surface area contributed by atoms with Crippen molar-refractivity contribution >= 4 is 17.5 Å². The molecular weight excluding hydrogens is 300 g/mol. The van der Waals surface area contributed by atoms with Crippen molar-refractivity contribution in [1.82, 2.24) is 20.0 Å². The van der Waals surface area contributed by atoms with E-state index >= 15 is 0 Å². The van der Waals surface area contributed by atoms with E-state index in [-0.39, 0.29) is 11.9 Å². The highest BCUT2D eigenvalue weighted by molar-refractivity contribution is 6.31. The Morgan fingerprint density at radius 1 is 1.41 bits per heavy atom. The molecule has 1 aliphatic rings. The molecule has 1 aliphatic heterocycles. The van der Waals surface area contributed by atoms with Crippen molar-refractivity contribution < 1.29 is 4.79 Å². The van der Waals surface area contributed by atoms with Crippen LogP contribution in [0.25, 0.3) is 0 Å². The lowest BCUT2D eigenvalue weighted by Crippen LogP contribution is -2.39. The molecule has 2 aromatic rings. The molecule has 1 N–H and O–H groups in total. The Hall–Kier alpha value is -1.85. The second-order valence-corrected chi connectivity index (χ2v) is 5.97. The number of amides is 1. The molecule has 0 spiro atoms. The molecule has 22 heavy (non-hydrogen) atoms. The van der Waals surface area contributed by atoms with Crippen molar-refractivity contribution in [1.29, 1.82) is 0 Å². The number of carbonyl (C=O) groups is 1. The van der Waals surface area contributed by atoms with Crippen molar-refractivity contribution in [3.05, 3.63) is 52.8 Å². The van der Waals surface area contributed by atoms with E-state index in [2.05, 4.69) is 15.3 Å². The highest BCUT2D eigenvalue weighted by Gasteiger charge is 2.27. The number of nitrogens with zero attached hydrogens (tertiary/aromatic N) is 3. The van der Waals surface area contributed by atoms with Gasteiger partial charge in [0.1, 0.15) is 0 Å². The summed E-state index contributed by atoms with van der Waals surface area (Å²) in [4.78, 5) is 14.1. The van der Waals surface area contributed by atoms with Gasteiger partial charge in [0.05, 0.1) is 18.2 Å². The molecule has 0 unspecified atom stereocenters. The fourth-order valence-corrected chi connectivity index (χ4v) is 3.12. The fourth-order valence-electron chi connectivity index (χ4n) is 2.92. The second kappa shape index (κ2) is 6.50. The van der Waals surface area contributed by atoms with Crippen LogP contribution in [0.2, 0.25) is 5.02 Å². The molecule has 1 atom stereocenters. The van der Waals surface area contributed by atoms with E-state index in [1.54, 1.807) is 13.2 Å². The van der Waals surface area contributed by atoms with Crippen LogP contribution in [0.5, 0.6) is 0 Å². The van der Waals surface area contributed by atoms with Gasteiger partial charge >= 0.3 is 0 Å². The molecule has 0 radical (unpaired) electrons. The minimum Gasteiger partial charge on any atom is -0.359 e. The average Bonchev–Trinajstić information content (AvgIpc) is 2.98. The summed E-state index contributed by atoms with van der Waals surface area (Å²) in [6, 6.07) is 9.95. The fraction of sp³-hybridized carbons (Fsp3) is 0.375. The van der Waals surface area contributed by atoms with E-state index < -0.39 is 0 Å². The van der Waals surface area contributed by atoms with Gasteiger partial charge in [0.25, 0.3) is 0 Å². The van der Waals surface area contributed by atoms with E-state index in [4.69, 9.17) is 11.6 Å². The molecule has 1 aromatic carbocycles. The summed E-state index contributed by atoms with van der Waals surface area (Å²) in [7, 11) is 1.66. The molecular formula is C16H19ClN4O. The first-order valence-electron chi connectivity index (χ1n) is 7.36. The van der Waals surface area contributed by atoms with Crippen LogP contribution >= 0.6 is 11.6 Å². The number of fused-ring (bicyclic) bond motifs is 1. The van der Waals surface area contributed by atoms with Gasteiger partial charge < -0.3 is 5.32 Å². The smallest absolute Gasteiger partial charge is 0.221 e. The molecule has 116 valence electrons. The van der Waals surface area contributed by atoms with E-state index in [1.807, 2.05) is 35.0 Å². The van der Waals surface area contributed by atoms with E-state index in [0.717, 1.165) is 35.9 Å². The average molecular weight is 319 g/mol. The molecule has 0 fully saturated rings. The van der Waals surface area contributed by atoms with Gasteiger partial charge in [0, 0.05) is 37.9 Å². The van der Waals surface area contributed by atoms with Gasteiger partial charge in [-0.3, -0.25) is 14.4 Å². The number of hydrogen-bond acceptors (Lipinski definition) is 3. The Labute approximate surface area is 134 Å². The molecule has 0 bridgehead atoms. The third kappa shape index (κ3) is 3.15. The quantitative estimate of drug-likeness (QED) is 0.940. The number of hydrogen-bond donors (Lipinski definition) is 1. The first kappa shape index (κ1) is 15.1. The van der Waals surface area contributed by atoms with Crippen LogP contribution < -0.4 is 5.32 Å². The largest absolute Gasteiger partial charge is 0.359 e. The number of nitrogens with one attached hydrogen (secondary N) is 1. The zero-order chi connectivity index (χ0) is 15.5. The highest BCUT2D eigenvalue weighted by Crippen LogP contribution is 2.26. The normalized spacial score (nSPS) is 18.0. The van der Waals surface area contributed by atoms with Crippen LogP contribution in [0.3, 0.4) is 0 Å².